The lowest BCUT2D eigenvalue weighted by molar-refractivity contribution is -0.525. The van der Waals surface area contributed by atoms with Crippen molar-refractivity contribution in [3.63, 3.8) is 0 Å². The van der Waals surface area contributed by atoms with Crippen molar-refractivity contribution in [1.82, 2.24) is 10.7 Å². The summed E-state index contributed by atoms with van der Waals surface area (Å²) < 4.78 is 5.20. The minimum atomic E-state index is -0.781. The van der Waals surface area contributed by atoms with E-state index in [-0.39, 0.29) is 12.0 Å². The normalized spacial score (nSPS) is 13.1. The van der Waals surface area contributed by atoms with Crippen molar-refractivity contribution >= 4 is 17.7 Å². The van der Waals surface area contributed by atoms with Gasteiger partial charge in [0.15, 0.2) is 5.03 Å². The highest BCUT2D eigenvalue weighted by Crippen LogP contribution is 2.14. The first-order valence-corrected chi connectivity index (χ1v) is 7.39. The first-order valence-electron chi connectivity index (χ1n) is 7.39. The Labute approximate surface area is 140 Å². The number of rotatable bonds is 5. The Morgan fingerprint density at radius 2 is 1.96 bits per heavy atom. The van der Waals surface area contributed by atoms with Crippen LogP contribution in [0, 0.1) is 10.1 Å². The molecule has 24 heavy (non-hydrogen) atoms. The molecule has 1 atom stereocenters. The molecule has 9 heteroatoms. The highest BCUT2D eigenvalue weighted by atomic mass is 16.7. The zero-order valence-corrected chi connectivity index (χ0v) is 14.2. The quantitative estimate of drug-likeness (QED) is 0.325. The van der Waals surface area contributed by atoms with E-state index < -0.39 is 16.7 Å². The molecule has 0 aromatic heterocycles. The maximum Gasteiger partial charge on any atom is 0.407 e. The third kappa shape index (κ3) is 7.97. The van der Waals surface area contributed by atoms with Crippen LogP contribution in [-0.2, 0) is 11.2 Å². The summed E-state index contributed by atoms with van der Waals surface area (Å²) >= 11 is 0. The molecule has 132 valence electrons. The van der Waals surface area contributed by atoms with Crippen LogP contribution in [0.3, 0.4) is 0 Å². The van der Waals surface area contributed by atoms with E-state index in [9.17, 15) is 14.9 Å². The molecule has 1 aromatic rings. The predicted octanol–water partition coefficient (Wildman–Crippen LogP) is 1.87. The highest BCUT2D eigenvalue weighted by molar-refractivity contribution is 5.79. The van der Waals surface area contributed by atoms with E-state index in [1.54, 1.807) is 38.3 Å². The second-order valence-electron chi connectivity index (χ2n) is 6.28. The molecule has 1 unspecified atom stereocenters. The molecule has 1 amide bonds. The Kier molecular flexibility index (Phi) is 6.51. The van der Waals surface area contributed by atoms with Crippen molar-refractivity contribution < 1.29 is 14.6 Å². The van der Waals surface area contributed by atoms with E-state index in [4.69, 9.17) is 10.5 Å². The van der Waals surface area contributed by atoms with E-state index in [2.05, 4.69) is 10.3 Å². The van der Waals surface area contributed by atoms with Crippen molar-refractivity contribution in [3.8, 4) is 0 Å². The van der Waals surface area contributed by atoms with Gasteiger partial charge in [-0.1, -0.05) is 17.6 Å². The van der Waals surface area contributed by atoms with Crippen LogP contribution in [0.25, 0.3) is 0 Å². The van der Waals surface area contributed by atoms with Crippen LogP contribution >= 0.6 is 0 Å². The highest BCUT2D eigenvalue weighted by Gasteiger charge is 2.17. The van der Waals surface area contributed by atoms with Gasteiger partial charge in [0.05, 0.1) is 5.69 Å². The van der Waals surface area contributed by atoms with Crippen LogP contribution in [0.1, 0.15) is 33.3 Å². The average molecular weight is 337 g/mol. The second kappa shape index (κ2) is 8.14. The molecule has 0 fully saturated rings. The van der Waals surface area contributed by atoms with Crippen LogP contribution in [0.4, 0.5) is 10.5 Å². The van der Waals surface area contributed by atoms with E-state index >= 15 is 0 Å². The standard InChI is InChI=1S/C15H23N5O4/c1-10(17-14(21)24-15(2,3)4)9-11-5-7-12(8-6-11)18-13(16)19-20(22)23/h5-8,10H,9H2,1-4H3,(H,17,21)(H3,16,18,19). The van der Waals surface area contributed by atoms with Crippen molar-refractivity contribution in [2.45, 2.75) is 45.8 Å². The number of carbonyl (C=O) groups excluding carboxylic acids is 1. The molecule has 0 aliphatic carbocycles. The molecule has 1 aromatic carbocycles. The predicted molar refractivity (Wildman–Crippen MR) is 90.4 cm³/mol. The third-order valence-electron chi connectivity index (χ3n) is 2.70. The SMILES string of the molecule is CC(Cc1ccc(N=C(N)N[N+](=O)[O-])cc1)NC(=O)OC(C)(C)C. The minimum absolute atomic E-state index is 0.115. The summed E-state index contributed by atoms with van der Waals surface area (Å²) in [5, 5.41) is 12.2. The fourth-order valence-corrected chi connectivity index (χ4v) is 1.88. The van der Waals surface area contributed by atoms with Gasteiger partial charge in [0.2, 0.25) is 0 Å². The first-order chi connectivity index (χ1) is 11.0. The van der Waals surface area contributed by atoms with Gasteiger partial charge in [-0.05, 0) is 51.8 Å². The number of hydrogen-bond acceptors (Lipinski definition) is 5. The van der Waals surface area contributed by atoms with E-state index in [0.29, 0.717) is 12.1 Å². The number of nitro groups is 1. The Morgan fingerprint density at radius 3 is 2.46 bits per heavy atom. The Bertz CT molecular complexity index is 607. The number of nitrogens with zero attached hydrogens (tertiary/aromatic N) is 2. The fraction of sp³-hybridized carbons (Fsp3) is 0.467. The Hall–Kier alpha value is -2.84. The summed E-state index contributed by atoms with van der Waals surface area (Å²) in [6.07, 6.45) is 0.140. The van der Waals surface area contributed by atoms with Gasteiger partial charge in [-0.25, -0.2) is 19.9 Å². The van der Waals surface area contributed by atoms with Gasteiger partial charge >= 0.3 is 6.09 Å². The number of hydrogen-bond donors (Lipinski definition) is 3. The number of ether oxygens (including phenoxy) is 1. The summed E-state index contributed by atoms with van der Waals surface area (Å²) in [6, 6.07) is 6.88. The lowest BCUT2D eigenvalue weighted by atomic mass is 10.1. The van der Waals surface area contributed by atoms with Crippen molar-refractivity contribution in [1.29, 1.82) is 0 Å². The number of amides is 1. The van der Waals surface area contributed by atoms with Crippen molar-refractivity contribution in [3.05, 3.63) is 39.9 Å². The molecular formula is C15H23N5O4. The van der Waals surface area contributed by atoms with Crippen LogP contribution < -0.4 is 16.5 Å². The maximum absolute atomic E-state index is 11.7. The van der Waals surface area contributed by atoms with Crippen LogP contribution in [0.5, 0.6) is 0 Å². The van der Waals surface area contributed by atoms with Gasteiger partial charge in [0.1, 0.15) is 5.60 Å². The number of aliphatic imine (C=N–C) groups is 1. The summed E-state index contributed by atoms with van der Waals surface area (Å²) in [4.78, 5) is 25.8. The lowest BCUT2D eigenvalue weighted by Crippen LogP contribution is -2.38. The van der Waals surface area contributed by atoms with Gasteiger partial charge in [0.25, 0.3) is 5.96 Å². The summed E-state index contributed by atoms with van der Waals surface area (Å²) in [6.45, 7) is 7.27. The molecular weight excluding hydrogens is 314 g/mol. The average Bonchev–Trinajstić information content (AvgIpc) is 2.37. The number of benzene rings is 1. The third-order valence-corrected chi connectivity index (χ3v) is 2.70. The molecule has 0 aliphatic heterocycles. The number of carbonyl (C=O) groups is 1. The molecule has 1 rings (SSSR count). The van der Waals surface area contributed by atoms with Gasteiger partial charge in [-0.2, -0.15) is 0 Å². The molecule has 0 radical (unpaired) electrons. The number of nitrogens with one attached hydrogen (secondary N) is 2. The number of nitrogens with two attached hydrogens (primary N) is 1. The second-order valence-corrected chi connectivity index (χ2v) is 6.28. The smallest absolute Gasteiger partial charge is 0.407 e. The molecule has 0 heterocycles. The van der Waals surface area contributed by atoms with Gasteiger partial charge in [0, 0.05) is 6.04 Å². The topological polar surface area (TPSA) is 132 Å². The Balaban J connectivity index is 2.57. The fourth-order valence-electron chi connectivity index (χ4n) is 1.88. The largest absolute Gasteiger partial charge is 0.444 e. The van der Waals surface area contributed by atoms with E-state index in [0.717, 1.165) is 5.56 Å². The number of guanidine groups is 1. The van der Waals surface area contributed by atoms with Crippen LogP contribution in [-0.4, -0.2) is 28.7 Å². The summed E-state index contributed by atoms with van der Waals surface area (Å²) in [7, 11) is 0. The maximum atomic E-state index is 11.7. The molecule has 0 spiro atoms. The van der Waals surface area contributed by atoms with Crippen LogP contribution in [0.15, 0.2) is 29.3 Å². The zero-order valence-electron chi connectivity index (χ0n) is 14.2. The minimum Gasteiger partial charge on any atom is -0.444 e. The molecule has 4 N–H and O–H groups in total. The molecule has 0 saturated carbocycles. The first kappa shape index (κ1) is 19.2. The van der Waals surface area contributed by atoms with Crippen LogP contribution in [0.2, 0.25) is 0 Å². The molecule has 9 nitrogen and oxygen atoms in total. The molecule has 0 aliphatic rings. The zero-order chi connectivity index (χ0) is 18.3. The number of hydrazine groups is 1. The Morgan fingerprint density at radius 1 is 1.38 bits per heavy atom. The van der Waals surface area contributed by atoms with Gasteiger partial charge < -0.3 is 15.8 Å². The van der Waals surface area contributed by atoms with Crippen molar-refractivity contribution in [2.24, 2.45) is 10.7 Å². The summed E-state index contributed by atoms with van der Waals surface area (Å²) in [5.41, 5.74) is 8.05. The van der Waals surface area contributed by atoms with E-state index in [1.807, 2.05) is 19.1 Å². The van der Waals surface area contributed by atoms with Gasteiger partial charge in [-0.15, -0.1) is 0 Å². The van der Waals surface area contributed by atoms with Crippen molar-refractivity contribution in [2.75, 3.05) is 0 Å². The monoisotopic (exact) mass is 337 g/mol. The summed E-state index contributed by atoms with van der Waals surface area (Å²) in [5.74, 6) is -0.298. The van der Waals surface area contributed by atoms with E-state index in [1.165, 1.54) is 0 Å². The molecule has 0 saturated heterocycles. The van der Waals surface area contributed by atoms with Gasteiger partial charge in [-0.3, -0.25) is 0 Å². The molecule has 0 bridgehead atoms. The lowest BCUT2D eigenvalue weighted by Gasteiger charge is -2.22. The number of alkyl carbamates (subject to hydrolysis) is 1.